The molecule has 0 aliphatic heterocycles. The smallest absolute Gasteiger partial charge is 0.263 e. The molecule has 2 heterocycles. The van der Waals surface area contributed by atoms with Gasteiger partial charge in [-0.05, 0) is 48.4 Å². The van der Waals surface area contributed by atoms with Gasteiger partial charge in [0.2, 0.25) is 0 Å². The summed E-state index contributed by atoms with van der Waals surface area (Å²) in [5.74, 6) is 1.05. The number of allylic oxidation sites excluding steroid dienone is 1. The van der Waals surface area contributed by atoms with Crippen LogP contribution in [0.4, 0.5) is 4.39 Å². The maximum absolute atomic E-state index is 13.2. The molecule has 0 unspecified atom stereocenters. The lowest BCUT2D eigenvalue weighted by atomic mass is 9.89. The average molecular weight is 401 g/mol. The molecule has 27 heavy (non-hydrogen) atoms. The minimum atomic E-state index is -0.245. The highest BCUT2D eigenvalue weighted by molar-refractivity contribution is 7.98. The molecule has 140 valence electrons. The number of aryl methyl sites for hydroxylation is 1. The van der Waals surface area contributed by atoms with E-state index in [1.807, 2.05) is 0 Å². The van der Waals surface area contributed by atoms with Crippen molar-refractivity contribution in [2.75, 3.05) is 0 Å². The monoisotopic (exact) mass is 400 g/mol. The first-order chi connectivity index (χ1) is 13.1. The summed E-state index contributed by atoms with van der Waals surface area (Å²) in [6.07, 6.45) is 4.86. The fourth-order valence-electron chi connectivity index (χ4n) is 3.53. The molecule has 6 heteroatoms. The fraction of sp³-hybridized carbons (Fsp3) is 0.333. The zero-order valence-electron chi connectivity index (χ0n) is 15.2. The molecule has 1 aliphatic carbocycles. The topological polar surface area (TPSA) is 34.9 Å². The molecule has 1 atom stereocenters. The summed E-state index contributed by atoms with van der Waals surface area (Å²) in [6, 6.07) is 6.44. The Balaban J connectivity index is 1.75. The molecular formula is C21H21FN2OS2. The van der Waals surface area contributed by atoms with Gasteiger partial charge >= 0.3 is 0 Å². The lowest BCUT2D eigenvalue weighted by molar-refractivity contribution is 0.509. The summed E-state index contributed by atoms with van der Waals surface area (Å²) in [6.45, 7) is 6.50. The molecule has 0 saturated carbocycles. The van der Waals surface area contributed by atoms with Crippen molar-refractivity contribution in [2.45, 2.75) is 43.6 Å². The molecule has 0 N–H and O–H groups in total. The maximum atomic E-state index is 13.2. The van der Waals surface area contributed by atoms with Crippen molar-refractivity contribution >= 4 is 33.3 Å². The van der Waals surface area contributed by atoms with Crippen molar-refractivity contribution in [3.05, 3.63) is 69.1 Å². The molecule has 0 radical (unpaired) electrons. The first kappa shape index (κ1) is 18.4. The highest BCUT2D eigenvalue weighted by Gasteiger charge is 2.24. The van der Waals surface area contributed by atoms with Gasteiger partial charge in [0.1, 0.15) is 10.6 Å². The van der Waals surface area contributed by atoms with E-state index in [0.29, 0.717) is 23.4 Å². The second kappa shape index (κ2) is 7.60. The Morgan fingerprint density at radius 3 is 2.93 bits per heavy atom. The van der Waals surface area contributed by atoms with E-state index in [0.717, 1.165) is 35.0 Å². The van der Waals surface area contributed by atoms with Gasteiger partial charge in [0.15, 0.2) is 5.16 Å². The van der Waals surface area contributed by atoms with Gasteiger partial charge in [-0.1, -0.05) is 36.9 Å². The fourth-order valence-corrected chi connectivity index (χ4v) is 5.92. The summed E-state index contributed by atoms with van der Waals surface area (Å²) >= 11 is 3.18. The van der Waals surface area contributed by atoms with Crippen LogP contribution in [0.2, 0.25) is 0 Å². The molecule has 3 aromatic rings. The number of thioether (sulfide) groups is 1. The van der Waals surface area contributed by atoms with Crippen molar-refractivity contribution in [2.24, 2.45) is 5.92 Å². The van der Waals surface area contributed by atoms with E-state index in [4.69, 9.17) is 4.98 Å². The van der Waals surface area contributed by atoms with Gasteiger partial charge in [0.05, 0.1) is 5.39 Å². The van der Waals surface area contributed by atoms with E-state index in [9.17, 15) is 9.18 Å². The average Bonchev–Trinajstić information content (AvgIpc) is 3.01. The normalized spacial score (nSPS) is 16.4. The van der Waals surface area contributed by atoms with Crippen molar-refractivity contribution in [1.29, 1.82) is 0 Å². The van der Waals surface area contributed by atoms with Crippen LogP contribution in [-0.4, -0.2) is 9.55 Å². The van der Waals surface area contributed by atoms with Crippen molar-refractivity contribution in [3.63, 3.8) is 0 Å². The SMILES string of the molecule is C=CCn1c(SCc2ccc(F)cc2)nc2sc3c(c2c1=O)CC[C@H](C)C3. The summed E-state index contributed by atoms with van der Waals surface area (Å²) < 4.78 is 14.8. The Morgan fingerprint density at radius 2 is 2.19 bits per heavy atom. The summed E-state index contributed by atoms with van der Waals surface area (Å²) in [5.41, 5.74) is 2.24. The first-order valence-corrected chi connectivity index (χ1v) is 10.9. The standard InChI is InChI=1S/C21H21FN2OS2/c1-3-10-24-20(25)18-16-9-4-13(2)11-17(16)27-19(18)23-21(24)26-12-14-5-7-15(22)8-6-14/h3,5-8,13H,1,4,9-12H2,2H3/t13-/m0/s1. The number of thiophene rings is 1. The van der Waals surface area contributed by atoms with E-state index >= 15 is 0 Å². The Kier molecular flexibility index (Phi) is 5.19. The Morgan fingerprint density at radius 1 is 1.41 bits per heavy atom. The summed E-state index contributed by atoms with van der Waals surface area (Å²) in [5, 5.41) is 1.50. The van der Waals surface area contributed by atoms with Crippen LogP contribution in [-0.2, 0) is 25.1 Å². The molecule has 1 aliphatic rings. The predicted octanol–water partition coefficient (Wildman–Crippen LogP) is 5.20. The van der Waals surface area contributed by atoms with Crippen molar-refractivity contribution in [3.8, 4) is 0 Å². The third-order valence-electron chi connectivity index (χ3n) is 4.97. The van der Waals surface area contributed by atoms with E-state index in [-0.39, 0.29) is 11.4 Å². The highest BCUT2D eigenvalue weighted by atomic mass is 32.2. The third-order valence-corrected chi connectivity index (χ3v) is 7.17. The number of halogens is 1. The van der Waals surface area contributed by atoms with Crippen LogP contribution < -0.4 is 5.56 Å². The number of aromatic nitrogens is 2. The van der Waals surface area contributed by atoms with Gasteiger partial charge in [-0.15, -0.1) is 17.9 Å². The highest BCUT2D eigenvalue weighted by Crippen LogP contribution is 2.36. The third kappa shape index (κ3) is 3.60. The minimum Gasteiger partial charge on any atom is -0.283 e. The van der Waals surface area contributed by atoms with Gasteiger partial charge in [-0.2, -0.15) is 0 Å². The Hall–Kier alpha value is -1.92. The van der Waals surface area contributed by atoms with Crippen LogP contribution in [0, 0.1) is 11.7 Å². The largest absolute Gasteiger partial charge is 0.283 e. The Bertz CT molecular complexity index is 1050. The van der Waals surface area contributed by atoms with Crippen LogP contribution in [0.25, 0.3) is 10.2 Å². The zero-order valence-corrected chi connectivity index (χ0v) is 16.8. The van der Waals surface area contributed by atoms with Gasteiger partial charge in [-0.25, -0.2) is 9.37 Å². The molecule has 0 bridgehead atoms. The number of fused-ring (bicyclic) bond motifs is 3. The number of benzene rings is 1. The Labute approximate surface area is 165 Å². The quantitative estimate of drug-likeness (QED) is 0.335. The second-order valence-electron chi connectivity index (χ2n) is 7.05. The minimum absolute atomic E-state index is 0.0357. The number of hydrogen-bond donors (Lipinski definition) is 0. The number of hydrogen-bond acceptors (Lipinski definition) is 4. The van der Waals surface area contributed by atoms with E-state index in [1.165, 1.54) is 34.3 Å². The van der Waals surface area contributed by atoms with E-state index < -0.39 is 0 Å². The molecule has 0 saturated heterocycles. The van der Waals surface area contributed by atoms with Crippen molar-refractivity contribution in [1.82, 2.24) is 9.55 Å². The van der Waals surface area contributed by atoms with Crippen LogP contribution in [0.1, 0.15) is 29.3 Å². The first-order valence-electron chi connectivity index (χ1n) is 9.10. The number of nitrogens with zero attached hydrogens (tertiary/aromatic N) is 2. The lowest BCUT2D eigenvalue weighted by Gasteiger charge is -2.17. The molecule has 0 amide bonds. The molecule has 0 spiro atoms. The molecule has 1 aromatic carbocycles. The van der Waals surface area contributed by atoms with Crippen molar-refractivity contribution < 1.29 is 4.39 Å². The summed E-state index contributed by atoms with van der Waals surface area (Å²) in [7, 11) is 0. The van der Waals surface area contributed by atoms with Crippen LogP contribution in [0.15, 0.2) is 46.9 Å². The van der Waals surface area contributed by atoms with E-state index in [1.54, 1.807) is 34.1 Å². The second-order valence-corrected chi connectivity index (χ2v) is 9.07. The van der Waals surface area contributed by atoms with Gasteiger partial charge < -0.3 is 0 Å². The molecule has 3 nitrogen and oxygen atoms in total. The maximum Gasteiger partial charge on any atom is 0.263 e. The van der Waals surface area contributed by atoms with E-state index in [2.05, 4.69) is 13.5 Å². The predicted molar refractivity (Wildman–Crippen MR) is 111 cm³/mol. The molecule has 2 aromatic heterocycles. The molecule has 0 fully saturated rings. The number of rotatable bonds is 5. The van der Waals surface area contributed by atoms with Crippen LogP contribution >= 0.6 is 23.1 Å². The van der Waals surface area contributed by atoms with Crippen LogP contribution in [0.5, 0.6) is 0 Å². The molecular weight excluding hydrogens is 379 g/mol. The van der Waals surface area contributed by atoms with Crippen LogP contribution in [0.3, 0.4) is 0 Å². The van der Waals surface area contributed by atoms with Gasteiger partial charge in [-0.3, -0.25) is 9.36 Å². The zero-order chi connectivity index (χ0) is 19.0. The lowest BCUT2D eigenvalue weighted by Crippen LogP contribution is -2.23. The summed E-state index contributed by atoms with van der Waals surface area (Å²) in [4.78, 5) is 20.2. The van der Waals surface area contributed by atoms with Gasteiger partial charge in [0, 0.05) is 17.2 Å². The van der Waals surface area contributed by atoms with Gasteiger partial charge in [0.25, 0.3) is 5.56 Å². The molecule has 4 rings (SSSR count).